The molecule has 7 heteroatoms. The first-order chi connectivity index (χ1) is 12.7. The van der Waals surface area contributed by atoms with Crippen molar-refractivity contribution < 1.29 is 9.13 Å². The number of halogens is 1. The van der Waals surface area contributed by atoms with Crippen molar-refractivity contribution in [1.29, 1.82) is 5.26 Å². The van der Waals surface area contributed by atoms with Crippen molar-refractivity contribution in [1.82, 2.24) is 14.8 Å². The van der Waals surface area contributed by atoms with E-state index in [0.717, 1.165) is 11.3 Å². The zero-order valence-corrected chi connectivity index (χ0v) is 15.0. The monoisotopic (exact) mass is 368 g/mol. The lowest BCUT2D eigenvalue weighted by atomic mass is 10.2. The molecule has 0 aliphatic carbocycles. The van der Waals surface area contributed by atoms with Gasteiger partial charge in [-0.25, -0.2) is 4.39 Å². The van der Waals surface area contributed by atoms with Gasteiger partial charge in [-0.3, -0.25) is 4.57 Å². The molecule has 0 fully saturated rings. The summed E-state index contributed by atoms with van der Waals surface area (Å²) >= 11 is 1.38. The number of para-hydroxylation sites is 1. The Morgan fingerprint density at radius 1 is 1.15 bits per heavy atom. The van der Waals surface area contributed by atoms with Crippen molar-refractivity contribution in [2.75, 3.05) is 12.4 Å². The van der Waals surface area contributed by atoms with E-state index in [2.05, 4.69) is 16.3 Å². The molecule has 5 nitrogen and oxygen atoms in total. The van der Waals surface area contributed by atoms with Gasteiger partial charge < -0.3 is 4.74 Å². The minimum Gasteiger partial charge on any atom is -0.494 e. The predicted octanol–water partition coefficient (Wildman–Crippen LogP) is 4.48. The van der Waals surface area contributed by atoms with Gasteiger partial charge in [0.05, 0.1) is 18.4 Å². The minimum atomic E-state index is -0.360. The highest BCUT2D eigenvalue weighted by Gasteiger charge is 2.18. The molecule has 0 saturated heterocycles. The van der Waals surface area contributed by atoms with Crippen LogP contribution >= 0.6 is 11.8 Å². The molecular weight excluding hydrogens is 351 g/mol. The maximum absolute atomic E-state index is 14.4. The molecule has 0 bridgehead atoms. The Labute approximate surface area is 155 Å². The third-order valence-corrected chi connectivity index (χ3v) is 4.53. The Morgan fingerprint density at radius 3 is 2.62 bits per heavy atom. The molecule has 132 valence electrons. The maximum atomic E-state index is 14.4. The van der Waals surface area contributed by atoms with Gasteiger partial charge >= 0.3 is 0 Å². The van der Waals surface area contributed by atoms with Crippen molar-refractivity contribution in [3.63, 3.8) is 0 Å². The molecule has 0 saturated carbocycles. The number of nitriles is 1. The molecule has 0 unspecified atom stereocenters. The summed E-state index contributed by atoms with van der Waals surface area (Å²) in [6, 6.07) is 16.0. The molecule has 0 atom stereocenters. The van der Waals surface area contributed by atoms with Crippen LogP contribution in [0.15, 0.2) is 53.7 Å². The van der Waals surface area contributed by atoms with E-state index >= 15 is 0 Å². The van der Waals surface area contributed by atoms with Gasteiger partial charge in [0.1, 0.15) is 11.6 Å². The quantitative estimate of drug-likeness (QED) is 0.454. The van der Waals surface area contributed by atoms with Gasteiger partial charge in [-0.15, -0.1) is 10.2 Å². The summed E-state index contributed by atoms with van der Waals surface area (Å²) in [5.41, 5.74) is 1.18. The second-order valence-electron chi connectivity index (χ2n) is 5.31. The van der Waals surface area contributed by atoms with Gasteiger partial charge in [-0.1, -0.05) is 23.9 Å². The highest BCUT2D eigenvalue weighted by atomic mass is 32.2. The summed E-state index contributed by atoms with van der Waals surface area (Å²) in [4.78, 5) is 0. The molecule has 0 spiro atoms. The Morgan fingerprint density at radius 2 is 1.92 bits per heavy atom. The second-order valence-corrected chi connectivity index (χ2v) is 6.37. The largest absolute Gasteiger partial charge is 0.494 e. The Bertz CT molecular complexity index is 918. The molecular formula is C19H17FN4OS. The standard InChI is InChI=1S/C19H17FN4OS/c1-2-25-15-10-8-14(9-11-15)18-22-23-19(26-13-5-12-21)24(18)17-7-4-3-6-16(17)20/h3-4,6-11H,2,5,13H2,1H3. The van der Waals surface area contributed by atoms with E-state index in [9.17, 15) is 4.39 Å². The van der Waals surface area contributed by atoms with E-state index in [4.69, 9.17) is 10.00 Å². The average molecular weight is 368 g/mol. The van der Waals surface area contributed by atoms with Gasteiger partial charge in [0, 0.05) is 17.7 Å². The minimum absolute atomic E-state index is 0.360. The number of hydrogen-bond acceptors (Lipinski definition) is 5. The van der Waals surface area contributed by atoms with Gasteiger partial charge in [-0.05, 0) is 43.3 Å². The average Bonchev–Trinajstić information content (AvgIpc) is 3.07. The lowest BCUT2D eigenvalue weighted by Crippen LogP contribution is -2.02. The van der Waals surface area contributed by atoms with Crippen LogP contribution in [0, 0.1) is 17.1 Å². The third kappa shape index (κ3) is 3.86. The van der Waals surface area contributed by atoms with Gasteiger partial charge in [-0.2, -0.15) is 5.26 Å². The second kappa shape index (κ2) is 8.50. The first-order valence-corrected chi connectivity index (χ1v) is 9.16. The topological polar surface area (TPSA) is 63.7 Å². The highest BCUT2D eigenvalue weighted by Crippen LogP contribution is 2.30. The summed E-state index contributed by atoms with van der Waals surface area (Å²) < 4.78 is 21.6. The van der Waals surface area contributed by atoms with Gasteiger partial charge in [0.25, 0.3) is 0 Å². The van der Waals surface area contributed by atoms with Crippen molar-refractivity contribution in [3.8, 4) is 28.9 Å². The Kier molecular flexibility index (Phi) is 5.87. The fraction of sp³-hybridized carbons (Fsp3) is 0.211. The lowest BCUT2D eigenvalue weighted by Gasteiger charge is -2.11. The third-order valence-electron chi connectivity index (χ3n) is 3.60. The van der Waals surface area contributed by atoms with Crippen LogP contribution in [0.3, 0.4) is 0 Å². The van der Waals surface area contributed by atoms with Crippen LogP contribution in [0.5, 0.6) is 5.75 Å². The molecule has 0 N–H and O–H groups in total. The van der Waals surface area contributed by atoms with Crippen molar-refractivity contribution >= 4 is 11.8 Å². The number of rotatable bonds is 7. The molecule has 3 rings (SSSR count). The summed E-state index contributed by atoms with van der Waals surface area (Å²) in [7, 11) is 0. The van der Waals surface area contributed by atoms with E-state index < -0.39 is 0 Å². The van der Waals surface area contributed by atoms with E-state index in [1.165, 1.54) is 17.8 Å². The van der Waals surface area contributed by atoms with Crippen LogP contribution in [0.1, 0.15) is 13.3 Å². The number of benzene rings is 2. The Hall–Kier alpha value is -2.85. The predicted molar refractivity (Wildman–Crippen MR) is 98.9 cm³/mol. The van der Waals surface area contributed by atoms with E-state index in [0.29, 0.717) is 35.4 Å². The first kappa shape index (κ1) is 18.0. The summed E-state index contributed by atoms with van der Waals surface area (Å²) in [5, 5.41) is 17.8. The van der Waals surface area contributed by atoms with Gasteiger partial charge in [0.15, 0.2) is 11.0 Å². The number of hydrogen-bond donors (Lipinski definition) is 0. The van der Waals surface area contributed by atoms with E-state index in [-0.39, 0.29) is 5.82 Å². The van der Waals surface area contributed by atoms with Crippen LogP contribution < -0.4 is 4.74 Å². The normalized spacial score (nSPS) is 10.5. The molecule has 1 heterocycles. The van der Waals surface area contributed by atoms with Crippen molar-refractivity contribution in [3.05, 3.63) is 54.3 Å². The molecule has 0 amide bonds. The molecule has 0 aliphatic rings. The molecule has 26 heavy (non-hydrogen) atoms. The maximum Gasteiger partial charge on any atom is 0.196 e. The molecule has 0 aliphatic heterocycles. The zero-order chi connectivity index (χ0) is 18.4. The van der Waals surface area contributed by atoms with E-state index in [1.807, 2.05) is 31.2 Å². The summed E-state index contributed by atoms with van der Waals surface area (Å²) in [6.45, 7) is 2.51. The smallest absolute Gasteiger partial charge is 0.196 e. The van der Waals surface area contributed by atoms with Crippen LogP contribution in [-0.2, 0) is 0 Å². The summed E-state index contributed by atoms with van der Waals surface area (Å²) in [5.74, 6) is 1.50. The molecule has 1 aromatic heterocycles. The lowest BCUT2D eigenvalue weighted by molar-refractivity contribution is 0.340. The number of nitrogens with zero attached hydrogens (tertiary/aromatic N) is 4. The first-order valence-electron chi connectivity index (χ1n) is 8.18. The Balaban J connectivity index is 2.05. The zero-order valence-electron chi connectivity index (χ0n) is 14.2. The van der Waals surface area contributed by atoms with Crippen LogP contribution in [0.25, 0.3) is 17.1 Å². The number of ether oxygens (including phenoxy) is 1. The molecule has 3 aromatic rings. The van der Waals surface area contributed by atoms with Crippen LogP contribution in [-0.4, -0.2) is 27.1 Å². The fourth-order valence-corrected chi connectivity index (χ4v) is 3.24. The van der Waals surface area contributed by atoms with Crippen molar-refractivity contribution in [2.45, 2.75) is 18.5 Å². The van der Waals surface area contributed by atoms with Crippen LogP contribution in [0.4, 0.5) is 4.39 Å². The van der Waals surface area contributed by atoms with Crippen molar-refractivity contribution in [2.24, 2.45) is 0 Å². The number of aromatic nitrogens is 3. The SMILES string of the molecule is CCOc1ccc(-c2nnc(SCCC#N)n2-c2ccccc2F)cc1. The molecule has 2 aromatic carbocycles. The van der Waals surface area contributed by atoms with Crippen LogP contribution in [0.2, 0.25) is 0 Å². The summed E-state index contributed by atoms with van der Waals surface area (Å²) in [6.07, 6.45) is 0.382. The number of thioether (sulfide) groups is 1. The fourth-order valence-electron chi connectivity index (χ4n) is 2.46. The molecule has 0 radical (unpaired) electrons. The highest BCUT2D eigenvalue weighted by molar-refractivity contribution is 7.99. The van der Waals surface area contributed by atoms with E-state index in [1.54, 1.807) is 22.8 Å². The van der Waals surface area contributed by atoms with Gasteiger partial charge in [0.2, 0.25) is 0 Å².